The molecule has 0 aliphatic heterocycles. The summed E-state index contributed by atoms with van der Waals surface area (Å²) in [7, 11) is 0. The molecule has 0 heterocycles. The van der Waals surface area contributed by atoms with Gasteiger partial charge in [0.2, 0.25) is 0 Å². The SMILES string of the molecule is C=C[C@](C)(C/C=C/CC)CCCCCC. The van der Waals surface area contributed by atoms with E-state index in [2.05, 4.69) is 45.6 Å². The highest BCUT2D eigenvalue weighted by atomic mass is 14.2. The van der Waals surface area contributed by atoms with Gasteiger partial charge in [-0.3, -0.25) is 0 Å². The van der Waals surface area contributed by atoms with Crippen LogP contribution in [0.15, 0.2) is 24.8 Å². The van der Waals surface area contributed by atoms with Crippen LogP contribution in [0.5, 0.6) is 0 Å². The molecular weight excluding hydrogens is 180 g/mol. The van der Waals surface area contributed by atoms with Crippen molar-refractivity contribution in [3.63, 3.8) is 0 Å². The first-order chi connectivity index (χ1) is 7.18. The Balaban J connectivity index is 3.85. The Morgan fingerprint density at radius 3 is 2.33 bits per heavy atom. The highest BCUT2D eigenvalue weighted by molar-refractivity contribution is 4.97. The Morgan fingerprint density at radius 2 is 1.80 bits per heavy atom. The third kappa shape index (κ3) is 7.41. The molecule has 0 aromatic heterocycles. The van der Waals surface area contributed by atoms with Crippen LogP contribution in [-0.4, -0.2) is 0 Å². The van der Waals surface area contributed by atoms with Gasteiger partial charge in [-0.1, -0.05) is 64.7 Å². The van der Waals surface area contributed by atoms with Gasteiger partial charge in [-0.15, -0.1) is 6.58 Å². The van der Waals surface area contributed by atoms with Crippen LogP contribution in [0.1, 0.15) is 65.7 Å². The second-order valence-electron chi connectivity index (χ2n) is 4.75. The minimum Gasteiger partial charge on any atom is -0.103 e. The van der Waals surface area contributed by atoms with Crippen molar-refractivity contribution >= 4 is 0 Å². The zero-order valence-corrected chi connectivity index (χ0v) is 10.9. The van der Waals surface area contributed by atoms with Gasteiger partial charge in [0.05, 0.1) is 0 Å². The second-order valence-corrected chi connectivity index (χ2v) is 4.75. The Morgan fingerprint density at radius 1 is 1.07 bits per heavy atom. The summed E-state index contributed by atoms with van der Waals surface area (Å²) in [6.45, 7) is 10.7. The van der Waals surface area contributed by atoms with Crippen molar-refractivity contribution < 1.29 is 0 Å². The molecule has 0 aromatic rings. The van der Waals surface area contributed by atoms with E-state index in [0.717, 1.165) is 12.8 Å². The van der Waals surface area contributed by atoms with Crippen molar-refractivity contribution in [2.75, 3.05) is 0 Å². The summed E-state index contributed by atoms with van der Waals surface area (Å²) in [6, 6.07) is 0. The molecule has 0 N–H and O–H groups in total. The van der Waals surface area contributed by atoms with Crippen molar-refractivity contribution in [2.45, 2.75) is 65.7 Å². The van der Waals surface area contributed by atoms with Gasteiger partial charge >= 0.3 is 0 Å². The van der Waals surface area contributed by atoms with Gasteiger partial charge in [0.1, 0.15) is 0 Å². The van der Waals surface area contributed by atoms with Crippen LogP contribution in [0.3, 0.4) is 0 Å². The number of hydrogen-bond donors (Lipinski definition) is 0. The van der Waals surface area contributed by atoms with E-state index in [1.807, 2.05) is 0 Å². The summed E-state index contributed by atoms with van der Waals surface area (Å²) in [5.74, 6) is 0. The number of rotatable bonds is 9. The van der Waals surface area contributed by atoms with Gasteiger partial charge in [-0.25, -0.2) is 0 Å². The third-order valence-electron chi connectivity index (χ3n) is 3.08. The van der Waals surface area contributed by atoms with Crippen molar-refractivity contribution in [1.29, 1.82) is 0 Å². The third-order valence-corrected chi connectivity index (χ3v) is 3.08. The van der Waals surface area contributed by atoms with Gasteiger partial charge in [0, 0.05) is 0 Å². The Kier molecular flexibility index (Phi) is 8.46. The van der Waals surface area contributed by atoms with Crippen LogP contribution in [0, 0.1) is 5.41 Å². The summed E-state index contributed by atoms with van der Waals surface area (Å²) in [5.41, 5.74) is 0.319. The fraction of sp³-hybridized carbons (Fsp3) is 0.733. The van der Waals surface area contributed by atoms with E-state index in [1.54, 1.807) is 0 Å². The molecule has 0 saturated carbocycles. The lowest BCUT2D eigenvalue weighted by Crippen LogP contribution is -2.11. The fourth-order valence-electron chi connectivity index (χ4n) is 1.76. The molecule has 1 atom stereocenters. The smallest absolute Gasteiger partial charge is 0.0115 e. The second kappa shape index (κ2) is 8.76. The maximum absolute atomic E-state index is 3.98. The summed E-state index contributed by atoms with van der Waals surface area (Å²) in [4.78, 5) is 0. The van der Waals surface area contributed by atoms with Crippen LogP contribution in [0.2, 0.25) is 0 Å². The van der Waals surface area contributed by atoms with E-state index >= 15 is 0 Å². The highest BCUT2D eigenvalue weighted by Gasteiger charge is 2.17. The summed E-state index contributed by atoms with van der Waals surface area (Å²) in [5, 5.41) is 0. The first-order valence-corrected chi connectivity index (χ1v) is 6.47. The number of allylic oxidation sites excluding steroid dienone is 3. The average molecular weight is 208 g/mol. The molecule has 0 aliphatic carbocycles. The molecule has 0 radical (unpaired) electrons. The molecule has 0 amide bonds. The Bertz CT molecular complexity index is 178. The predicted molar refractivity (Wildman–Crippen MR) is 71.1 cm³/mol. The van der Waals surface area contributed by atoms with E-state index in [-0.39, 0.29) is 0 Å². The lowest BCUT2D eigenvalue weighted by atomic mass is 9.81. The fourth-order valence-corrected chi connectivity index (χ4v) is 1.76. The van der Waals surface area contributed by atoms with Crippen LogP contribution in [0.4, 0.5) is 0 Å². The maximum atomic E-state index is 3.98. The van der Waals surface area contributed by atoms with Crippen molar-refractivity contribution in [2.24, 2.45) is 5.41 Å². The van der Waals surface area contributed by atoms with Gasteiger partial charge in [-0.05, 0) is 24.7 Å². The standard InChI is InChI=1S/C15H28/c1-5-8-10-12-14-15(4,7-3)13-11-9-6-2/h7,9,11H,3,5-6,8,10,12-14H2,1-2,4H3/b11-9+/t15-/m1/s1. The molecule has 88 valence electrons. The zero-order valence-electron chi connectivity index (χ0n) is 10.9. The molecule has 0 nitrogen and oxygen atoms in total. The first-order valence-electron chi connectivity index (χ1n) is 6.47. The zero-order chi connectivity index (χ0) is 11.6. The highest BCUT2D eigenvalue weighted by Crippen LogP contribution is 2.30. The summed E-state index contributed by atoms with van der Waals surface area (Å²) in [6.07, 6.45) is 15.7. The number of unbranched alkanes of at least 4 members (excludes halogenated alkanes) is 3. The molecule has 0 aromatic carbocycles. The molecule has 0 fully saturated rings. The quantitative estimate of drug-likeness (QED) is 0.346. The van der Waals surface area contributed by atoms with E-state index in [1.165, 1.54) is 32.1 Å². The van der Waals surface area contributed by atoms with E-state index in [0.29, 0.717) is 5.41 Å². The maximum Gasteiger partial charge on any atom is -0.0115 e. The molecule has 0 spiro atoms. The molecular formula is C15H28. The average Bonchev–Trinajstić information content (AvgIpc) is 2.25. The molecule has 0 saturated heterocycles. The van der Waals surface area contributed by atoms with Gasteiger partial charge in [-0.2, -0.15) is 0 Å². The minimum absolute atomic E-state index is 0.319. The van der Waals surface area contributed by atoms with E-state index < -0.39 is 0 Å². The van der Waals surface area contributed by atoms with Crippen LogP contribution < -0.4 is 0 Å². The summed E-state index contributed by atoms with van der Waals surface area (Å²) >= 11 is 0. The van der Waals surface area contributed by atoms with Crippen LogP contribution in [0.25, 0.3) is 0 Å². The largest absolute Gasteiger partial charge is 0.103 e. The lowest BCUT2D eigenvalue weighted by molar-refractivity contribution is 0.375. The molecule has 0 rings (SSSR count). The minimum atomic E-state index is 0.319. The van der Waals surface area contributed by atoms with Crippen molar-refractivity contribution in [3.8, 4) is 0 Å². The predicted octanol–water partition coefficient (Wildman–Crippen LogP) is 5.51. The monoisotopic (exact) mass is 208 g/mol. The normalized spacial score (nSPS) is 15.4. The van der Waals surface area contributed by atoms with Crippen molar-refractivity contribution in [3.05, 3.63) is 24.8 Å². The van der Waals surface area contributed by atoms with Gasteiger partial charge < -0.3 is 0 Å². The molecule has 0 bridgehead atoms. The van der Waals surface area contributed by atoms with Crippen LogP contribution >= 0.6 is 0 Å². The summed E-state index contributed by atoms with van der Waals surface area (Å²) < 4.78 is 0. The number of hydrogen-bond acceptors (Lipinski definition) is 0. The van der Waals surface area contributed by atoms with Gasteiger partial charge in [0.25, 0.3) is 0 Å². The van der Waals surface area contributed by atoms with Crippen LogP contribution in [-0.2, 0) is 0 Å². The van der Waals surface area contributed by atoms with Crippen molar-refractivity contribution in [1.82, 2.24) is 0 Å². The molecule has 0 unspecified atom stereocenters. The molecule has 15 heavy (non-hydrogen) atoms. The van der Waals surface area contributed by atoms with E-state index in [9.17, 15) is 0 Å². The van der Waals surface area contributed by atoms with E-state index in [4.69, 9.17) is 0 Å². The van der Waals surface area contributed by atoms with Gasteiger partial charge in [0.15, 0.2) is 0 Å². The first kappa shape index (κ1) is 14.5. The molecule has 0 aliphatic rings. The molecule has 0 heteroatoms. The topological polar surface area (TPSA) is 0 Å². The Hall–Kier alpha value is -0.520. The lowest BCUT2D eigenvalue weighted by Gasteiger charge is -2.24. The Labute approximate surface area is 96.5 Å².